The van der Waals surface area contributed by atoms with Gasteiger partial charge in [-0.1, -0.05) is 28.1 Å². The molecule has 1 aliphatic heterocycles. The lowest BCUT2D eigenvalue weighted by atomic mass is 10.0. The molecule has 0 unspecified atom stereocenters. The molecule has 1 heterocycles. The lowest BCUT2D eigenvalue weighted by molar-refractivity contribution is -0.384. The first-order valence-corrected chi connectivity index (χ1v) is 9.14. The molecule has 0 saturated carbocycles. The topological polar surface area (TPSA) is 55.6 Å². The van der Waals surface area contributed by atoms with Crippen LogP contribution in [0.3, 0.4) is 0 Å². The quantitative estimate of drug-likeness (QED) is 0.365. The molecule has 0 aromatic heterocycles. The van der Waals surface area contributed by atoms with Gasteiger partial charge in [-0.15, -0.1) is 0 Å². The summed E-state index contributed by atoms with van der Waals surface area (Å²) >= 11 is 6.94. The van der Waals surface area contributed by atoms with Crippen LogP contribution < -0.4 is 9.64 Å². The van der Waals surface area contributed by atoms with Gasteiger partial charge in [0.15, 0.2) is 6.73 Å². The van der Waals surface area contributed by atoms with Crippen molar-refractivity contribution in [3.63, 3.8) is 0 Å². The molecule has 0 saturated heterocycles. The SMILES string of the molecule is O=[N+]([O-])c1ccc(N2COc3ccc4cc(Br)ccc4c3C2)c(Br)c1. The number of nitro groups is 1. The predicted octanol–water partition coefficient (Wildman–Crippen LogP) is 5.63. The third kappa shape index (κ3) is 2.98. The predicted molar refractivity (Wildman–Crippen MR) is 104 cm³/mol. The molecule has 5 nitrogen and oxygen atoms in total. The van der Waals surface area contributed by atoms with Crippen LogP contribution in [-0.4, -0.2) is 11.7 Å². The Morgan fingerprint density at radius 1 is 1.08 bits per heavy atom. The van der Waals surface area contributed by atoms with Crippen molar-refractivity contribution in [2.24, 2.45) is 0 Å². The van der Waals surface area contributed by atoms with Crippen LogP contribution in [0.1, 0.15) is 5.56 Å². The number of anilines is 1. The van der Waals surface area contributed by atoms with Gasteiger partial charge in [0.2, 0.25) is 0 Å². The Morgan fingerprint density at radius 2 is 1.92 bits per heavy atom. The monoisotopic (exact) mass is 462 g/mol. The van der Waals surface area contributed by atoms with E-state index in [0.717, 1.165) is 32.2 Å². The maximum atomic E-state index is 10.9. The van der Waals surface area contributed by atoms with Gasteiger partial charge in [0.1, 0.15) is 5.75 Å². The maximum Gasteiger partial charge on any atom is 0.270 e. The van der Waals surface area contributed by atoms with Gasteiger partial charge in [-0.3, -0.25) is 10.1 Å². The van der Waals surface area contributed by atoms with Crippen LogP contribution >= 0.6 is 31.9 Å². The highest BCUT2D eigenvalue weighted by molar-refractivity contribution is 9.10. The molecule has 0 fully saturated rings. The number of nitrogens with zero attached hydrogens (tertiary/aromatic N) is 2. The van der Waals surface area contributed by atoms with E-state index in [9.17, 15) is 10.1 Å². The van der Waals surface area contributed by atoms with Gasteiger partial charge in [0.25, 0.3) is 5.69 Å². The third-order valence-electron chi connectivity index (χ3n) is 4.26. The maximum absolute atomic E-state index is 10.9. The van der Waals surface area contributed by atoms with Gasteiger partial charge in [-0.2, -0.15) is 0 Å². The lowest BCUT2D eigenvalue weighted by Gasteiger charge is -2.32. The van der Waals surface area contributed by atoms with Crippen molar-refractivity contribution in [1.29, 1.82) is 0 Å². The molecule has 1 aliphatic rings. The largest absolute Gasteiger partial charge is 0.473 e. The molecule has 7 heteroatoms. The van der Waals surface area contributed by atoms with Crippen molar-refractivity contribution in [1.82, 2.24) is 0 Å². The van der Waals surface area contributed by atoms with Crippen molar-refractivity contribution in [2.45, 2.75) is 6.54 Å². The number of ether oxygens (including phenoxy) is 1. The summed E-state index contributed by atoms with van der Waals surface area (Å²) in [7, 11) is 0. The molecule has 0 spiro atoms. The molecule has 0 amide bonds. The van der Waals surface area contributed by atoms with Crippen molar-refractivity contribution in [2.75, 3.05) is 11.6 Å². The Kier molecular flexibility index (Phi) is 4.13. The second-order valence-corrected chi connectivity index (χ2v) is 7.54. The Bertz CT molecular complexity index is 1010. The van der Waals surface area contributed by atoms with E-state index in [0.29, 0.717) is 17.7 Å². The summed E-state index contributed by atoms with van der Waals surface area (Å²) in [6.07, 6.45) is 0. The van der Waals surface area contributed by atoms with Crippen LogP contribution in [0, 0.1) is 10.1 Å². The summed E-state index contributed by atoms with van der Waals surface area (Å²) in [6.45, 7) is 1.07. The van der Waals surface area contributed by atoms with Crippen molar-refractivity contribution >= 4 is 54.0 Å². The van der Waals surface area contributed by atoms with E-state index in [-0.39, 0.29) is 5.69 Å². The molecule has 0 bridgehead atoms. The molecular formula is C18H12Br2N2O3. The van der Waals surface area contributed by atoms with E-state index in [4.69, 9.17) is 4.74 Å². The molecule has 4 rings (SSSR count). The molecule has 3 aromatic carbocycles. The number of non-ortho nitro benzene ring substituents is 1. The highest BCUT2D eigenvalue weighted by Crippen LogP contribution is 2.37. The second-order valence-electron chi connectivity index (χ2n) is 5.77. The summed E-state index contributed by atoms with van der Waals surface area (Å²) in [4.78, 5) is 12.6. The fourth-order valence-corrected chi connectivity index (χ4v) is 4.04. The summed E-state index contributed by atoms with van der Waals surface area (Å²) in [6, 6.07) is 15.0. The normalized spacial score (nSPS) is 13.4. The summed E-state index contributed by atoms with van der Waals surface area (Å²) in [5, 5.41) is 13.2. The molecular weight excluding hydrogens is 452 g/mol. The van der Waals surface area contributed by atoms with Gasteiger partial charge in [-0.05, 0) is 51.0 Å². The highest BCUT2D eigenvalue weighted by atomic mass is 79.9. The van der Waals surface area contributed by atoms with E-state index in [1.807, 2.05) is 12.1 Å². The van der Waals surface area contributed by atoms with E-state index in [1.165, 1.54) is 12.1 Å². The van der Waals surface area contributed by atoms with Gasteiger partial charge >= 0.3 is 0 Å². The zero-order valence-corrected chi connectivity index (χ0v) is 16.1. The van der Waals surface area contributed by atoms with E-state index in [2.05, 4.69) is 55.0 Å². The third-order valence-corrected chi connectivity index (χ3v) is 5.39. The number of hydrogen-bond donors (Lipinski definition) is 0. The molecule has 3 aromatic rings. The van der Waals surface area contributed by atoms with Crippen LogP contribution in [-0.2, 0) is 6.54 Å². The lowest BCUT2D eigenvalue weighted by Crippen LogP contribution is -2.32. The average molecular weight is 464 g/mol. The number of fused-ring (bicyclic) bond motifs is 3. The molecule has 0 atom stereocenters. The number of nitro benzene ring substituents is 1. The standard InChI is InChI=1S/C18H12Br2N2O3/c19-12-2-4-14-11(7-12)1-6-18-15(14)9-21(10-25-18)17-5-3-13(22(23)24)8-16(17)20/h1-8H,9-10H2. The Balaban J connectivity index is 1.74. The molecule has 25 heavy (non-hydrogen) atoms. The van der Waals surface area contributed by atoms with Gasteiger partial charge < -0.3 is 9.64 Å². The molecule has 0 radical (unpaired) electrons. The number of rotatable bonds is 2. The number of benzene rings is 3. The first kappa shape index (κ1) is 16.4. The molecule has 126 valence electrons. The van der Waals surface area contributed by atoms with Crippen LogP contribution in [0.15, 0.2) is 57.5 Å². The van der Waals surface area contributed by atoms with E-state index in [1.54, 1.807) is 6.07 Å². The van der Waals surface area contributed by atoms with E-state index >= 15 is 0 Å². The zero-order chi connectivity index (χ0) is 17.6. The summed E-state index contributed by atoms with van der Waals surface area (Å²) in [5.74, 6) is 0.879. The minimum absolute atomic E-state index is 0.0595. The van der Waals surface area contributed by atoms with Crippen molar-refractivity contribution in [3.8, 4) is 5.75 Å². The summed E-state index contributed by atoms with van der Waals surface area (Å²) in [5.41, 5.74) is 2.04. The zero-order valence-electron chi connectivity index (χ0n) is 12.9. The van der Waals surface area contributed by atoms with Gasteiger partial charge in [0, 0.05) is 26.6 Å². The second kappa shape index (κ2) is 6.31. The average Bonchev–Trinajstić information content (AvgIpc) is 2.60. The van der Waals surface area contributed by atoms with Crippen molar-refractivity contribution in [3.05, 3.63) is 73.2 Å². The Morgan fingerprint density at radius 3 is 2.68 bits per heavy atom. The fraction of sp³-hybridized carbons (Fsp3) is 0.111. The van der Waals surface area contributed by atoms with Crippen LogP contribution in [0.25, 0.3) is 10.8 Å². The smallest absolute Gasteiger partial charge is 0.270 e. The first-order chi connectivity index (χ1) is 12.0. The van der Waals surface area contributed by atoms with Crippen LogP contribution in [0.5, 0.6) is 5.75 Å². The Labute approximate surface area is 160 Å². The first-order valence-electron chi connectivity index (χ1n) is 7.56. The minimum Gasteiger partial charge on any atom is -0.473 e. The van der Waals surface area contributed by atoms with E-state index < -0.39 is 4.92 Å². The Hall–Kier alpha value is -2.12. The van der Waals surface area contributed by atoms with Crippen molar-refractivity contribution < 1.29 is 9.66 Å². The number of halogens is 2. The molecule has 0 aliphatic carbocycles. The van der Waals surface area contributed by atoms with Gasteiger partial charge in [0.05, 0.1) is 17.2 Å². The summed E-state index contributed by atoms with van der Waals surface area (Å²) < 4.78 is 7.63. The highest BCUT2D eigenvalue weighted by Gasteiger charge is 2.22. The van der Waals surface area contributed by atoms with Gasteiger partial charge in [-0.25, -0.2) is 0 Å². The fourth-order valence-electron chi connectivity index (χ4n) is 3.05. The van der Waals surface area contributed by atoms with Crippen LogP contribution in [0.2, 0.25) is 0 Å². The minimum atomic E-state index is -0.401. The molecule has 0 N–H and O–H groups in total. The van der Waals surface area contributed by atoms with Crippen LogP contribution in [0.4, 0.5) is 11.4 Å². The number of hydrogen-bond acceptors (Lipinski definition) is 4.